The zero-order chi connectivity index (χ0) is 13.1. The van der Waals surface area contributed by atoms with Crippen molar-refractivity contribution in [2.45, 2.75) is 31.9 Å². The Hall–Kier alpha value is -1.81. The van der Waals surface area contributed by atoms with Crippen molar-refractivity contribution >= 4 is 0 Å². The summed E-state index contributed by atoms with van der Waals surface area (Å²) in [4.78, 5) is 3.99. The number of hydrogen-bond acceptors (Lipinski definition) is 3. The van der Waals surface area contributed by atoms with Gasteiger partial charge in [0.2, 0.25) is 0 Å². The number of benzene rings is 1. The van der Waals surface area contributed by atoms with Gasteiger partial charge >= 0.3 is 0 Å². The molecule has 4 nitrogen and oxygen atoms in total. The number of aliphatic hydroxyl groups excluding tert-OH is 1. The molecule has 0 spiro atoms. The largest absolute Gasteiger partial charge is 0.492 e. The molecule has 2 aromatic rings. The highest BCUT2D eigenvalue weighted by Gasteiger charge is 2.18. The molecule has 1 N–H and O–H groups in total. The van der Waals surface area contributed by atoms with Gasteiger partial charge in [-0.1, -0.05) is 6.07 Å². The Kier molecular flexibility index (Phi) is 3.51. The lowest BCUT2D eigenvalue weighted by molar-refractivity contribution is 0.156. The molecule has 0 aliphatic heterocycles. The molecular weight excluding hydrogens is 240 g/mol. The number of aliphatic hydroxyl groups is 1. The van der Waals surface area contributed by atoms with Gasteiger partial charge < -0.3 is 14.4 Å². The predicted molar refractivity (Wildman–Crippen MR) is 72.1 cm³/mol. The average molecular weight is 258 g/mol. The predicted octanol–water partition coefficient (Wildman–Crippen LogP) is 2.33. The van der Waals surface area contributed by atoms with Crippen LogP contribution in [0.15, 0.2) is 36.9 Å². The van der Waals surface area contributed by atoms with Crippen LogP contribution in [-0.4, -0.2) is 21.3 Å². The second-order valence-corrected chi connectivity index (χ2v) is 4.92. The van der Waals surface area contributed by atoms with E-state index in [1.807, 2.05) is 22.9 Å². The van der Waals surface area contributed by atoms with Crippen molar-refractivity contribution in [3.8, 4) is 5.75 Å². The highest BCUT2D eigenvalue weighted by Crippen LogP contribution is 2.32. The molecule has 3 rings (SSSR count). The van der Waals surface area contributed by atoms with Crippen molar-refractivity contribution in [3.63, 3.8) is 0 Å². The van der Waals surface area contributed by atoms with E-state index in [-0.39, 0.29) is 6.10 Å². The molecule has 0 saturated heterocycles. The number of rotatable bonds is 4. The van der Waals surface area contributed by atoms with Gasteiger partial charge in [0, 0.05) is 12.4 Å². The van der Waals surface area contributed by atoms with Gasteiger partial charge in [0.25, 0.3) is 0 Å². The van der Waals surface area contributed by atoms with Crippen LogP contribution in [0, 0.1) is 0 Å². The number of ether oxygens (including phenoxy) is 1. The fourth-order valence-electron chi connectivity index (χ4n) is 2.53. The molecule has 19 heavy (non-hydrogen) atoms. The molecule has 100 valence electrons. The van der Waals surface area contributed by atoms with Crippen LogP contribution < -0.4 is 4.74 Å². The van der Waals surface area contributed by atoms with Gasteiger partial charge in [-0.05, 0) is 42.5 Å². The Labute approximate surface area is 112 Å². The van der Waals surface area contributed by atoms with Gasteiger partial charge in [-0.15, -0.1) is 0 Å². The van der Waals surface area contributed by atoms with Gasteiger partial charge in [-0.25, -0.2) is 4.98 Å². The highest BCUT2D eigenvalue weighted by atomic mass is 16.5. The van der Waals surface area contributed by atoms with Crippen LogP contribution in [-0.2, 0) is 13.0 Å². The summed E-state index contributed by atoms with van der Waals surface area (Å²) in [5.41, 5.74) is 2.28. The Morgan fingerprint density at radius 2 is 2.37 bits per heavy atom. The van der Waals surface area contributed by atoms with Crippen molar-refractivity contribution in [2.24, 2.45) is 0 Å². The van der Waals surface area contributed by atoms with Gasteiger partial charge in [-0.2, -0.15) is 0 Å². The number of imidazole rings is 1. The lowest BCUT2D eigenvalue weighted by Gasteiger charge is -2.22. The third kappa shape index (κ3) is 2.79. The van der Waals surface area contributed by atoms with Crippen molar-refractivity contribution in [2.75, 3.05) is 6.61 Å². The quantitative estimate of drug-likeness (QED) is 0.915. The zero-order valence-corrected chi connectivity index (χ0v) is 10.8. The second-order valence-electron chi connectivity index (χ2n) is 4.92. The van der Waals surface area contributed by atoms with E-state index in [4.69, 9.17) is 4.74 Å². The van der Waals surface area contributed by atoms with Crippen LogP contribution in [0.3, 0.4) is 0 Å². The molecule has 1 atom stereocenters. The van der Waals surface area contributed by atoms with Crippen molar-refractivity contribution < 1.29 is 9.84 Å². The van der Waals surface area contributed by atoms with Gasteiger partial charge in [-0.3, -0.25) is 0 Å². The summed E-state index contributed by atoms with van der Waals surface area (Å²) >= 11 is 0. The zero-order valence-electron chi connectivity index (χ0n) is 10.8. The molecule has 0 amide bonds. The fourth-order valence-corrected chi connectivity index (χ4v) is 2.53. The van der Waals surface area contributed by atoms with Crippen molar-refractivity contribution in [1.82, 2.24) is 9.55 Å². The minimum absolute atomic E-state index is 0.332. The van der Waals surface area contributed by atoms with E-state index in [9.17, 15) is 5.11 Å². The van der Waals surface area contributed by atoms with Gasteiger partial charge in [0.15, 0.2) is 0 Å². The molecular formula is C15H18N2O2. The third-order valence-electron chi connectivity index (χ3n) is 3.58. The van der Waals surface area contributed by atoms with Crippen LogP contribution >= 0.6 is 0 Å². The Balaban J connectivity index is 1.63. The Morgan fingerprint density at radius 3 is 3.21 bits per heavy atom. The number of fused-ring (bicyclic) bond motifs is 1. The molecule has 4 heteroatoms. The highest BCUT2D eigenvalue weighted by molar-refractivity contribution is 5.38. The first kappa shape index (κ1) is 12.2. The minimum atomic E-state index is -0.332. The number of aryl methyl sites for hydroxylation is 1. The number of aromatic nitrogens is 2. The summed E-state index contributed by atoms with van der Waals surface area (Å²) in [5, 5.41) is 9.99. The van der Waals surface area contributed by atoms with E-state index in [2.05, 4.69) is 11.1 Å². The fraction of sp³-hybridized carbons (Fsp3) is 0.400. The normalized spacial score (nSPS) is 18.1. The van der Waals surface area contributed by atoms with Crippen LogP contribution in [0.25, 0.3) is 0 Å². The van der Waals surface area contributed by atoms with E-state index in [0.29, 0.717) is 6.61 Å². The maximum absolute atomic E-state index is 9.99. The standard InChI is InChI=1S/C15H18N2O2/c18-15-3-1-2-12-4-5-13(10-14(12)15)19-9-8-17-7-6-16-11-17/h4-7,10-11,15,18H,1-3,8-9H2/t15-/m0/s1. The van der Waals surface area contributed by atoms with Crippen LogP contribution in [0.5, 0.6) is 5.75 Å². The first-order valence-electron chi connectivity index (χ1n) is 6.72. The Morgan fingerprint density at radius 1 is 1.42 bits per heavy atom. The van der Waals surface area contributed by atoms with E-state index < -0.39 is 0 Å². The van der Waals surface area contributed by atoms with E-state index >= 15 is 0 Å². The van der Waals surface area contributed by atoms with Crippen LogP contribution in [0.1, 0.15) is 30.1 Å². The molecule has 1 heterocycles. The number of nitrogens with zero attached hydrogens (tertiary/aromatic N) is 2. The van der Waals surface area contributed by atoms with Gasteiger partial charge in [0.1, 0.15) is 12.4 Å². The summed E-state index contributed by atoms with van der Waals surface area (Å²) < 4.78 is 7.71. The number of hydrogen-bond donors (Lipinski definition) is 1. The molecule has 0 radical (unpaired) electrons. The molecule has 1 aliphatic carbocycles. The third-order valence-corrected chi connectivity index (χ3v) is 3.58. The summed E-state index contributed by atoms with van der Waals surface area (Å²) in [6.07, 6.45) is 8.10. The molecule has 1 aliphatic rings. The van der Waals surface area contributed by atoms with Crippen molar-refractivity contribution in [1.29, 1.82) is 0 Å². The van der Waals surface area contributed by atoms with Crippen LogP contribution in [0.4, 0.5) is 0 Å². The summed E-state index contributed by atoms with van der Waals surface area (Å²) in [5.74, 6) is 0.833. The van der Waals surface area contributed by atoms with E-state index in [1.54, 1.807) is 12.5 Å². The van der Waals surface area contributed by atoms with Gasteiger partial charge in [0.05, 0.1) is 19.0 Å². The van der Waals surface area contributed by atoms with Crippen molar-refractivity contribution in [3.05, 3.63) is 48.0 Å². The topological polar surface area (TPSA) is 47.3 Å². The smallest absolute Gasteiger partial charge is 0.119 e. The molecule has 1 aromatic carbocycles. The average Bonchev–Trinajstić information content (AvgIpc) is 2.93. The first-order chi connectivity index (χ1) is 9.33. The molecule has 0 unspecified atom stereocenters. The first-order valence-corrected chi connectivity index (χ1v) is 6.72. The van der Waals surface area contributed by atoms with E-state index in [0.717, 1.165) is 37.1 Å². The maximum Gasteiger partial charge on any atom is 0.119 e. The minimum Gasteiger partial charge on any atom is -0.492 e. The monoisotopic (exact) mass is 258 g/mol. The summed E-state index contributed by atoms with van der Waals surface area (Å²) in [7, 11) is 0. The summed E-state index contributed by atoms with van der Waals surface area (Å²) in [6, 6.07) is 6.04. The Bertz CT molecular complexity index is 537. The maximum atomic E-state index is 9.99. The SMILES string of the molecule is O[C@H]1CCCc2ccc(OCCn3ccnc3)cc21. The molecule has 1 aromatic heterocycles. The lowest BCUT2D eigenvalue weighted by Crippen LogP contribution is -2.10. The molecule has 0 fully saturated rings. The van der Waals surface area contributed by atoms with E-state index in [1.165, 1.54) is 5.56 Å². The summed E-state index contributed by atoms with van der Waals surface area (Å²) in [6.45, 7) is 1.38. The molecule has 0 bridgehead atoms. The molecule has 0 saturated carbocycles. The second kappa shape index (κ2) is 5.45. The van der Waals surface area contributed by atoms with Crippen LogP contribution in [0.2, 0.25) is 0 Å². The lowest BCUT2D eigenvalue weighted by atomic mass is 9.89.